The van der Waals surface area contributed by atoms with Crippen LogP contribution in [-0.2, 0) is 25.3 Å². The Labute approximate surface area is 176 Å². The van der Waals surface area contributed by atoms with Crippen LogP contribution in [-0.4, -0.2) is 3.71 Å². The fraction of sp³-hybridized carbons (Fsp3) is 0.167. The summed E-state index contributed by atoms with van der Waals surface area (Å²) >= 11 is -1.76. The van der Waals surface area contributed by atoms with Crippen molar-refractivity contribution in [2.75, 3.05) is 0 Å². The van der Waals surface area contributed by atoms with Gasteiger partial charge in [0, 0.05) is 0 Å². The normalized spacial score (nSPS) is 10.5. The van der Waals surface area contributed by atoms with Crippen molar-refractivity contribution in [1.82, 2.24) is 0 Å². The molecule has 4 aromatic carbocycles. The summed E-state index contributed by atoms with van der Waals surface area (Å²) in [7, 11) is 10.7. The molecule has 0 aliphatic carbocycles. The molecule has 0 bridgehead atoms. The molecule has 0 saturated carbocycles. The Balaban J connectivity index is 0.000000376. The van der Waals surface area contributed by atoms with Crippen LogP contribution in [0.4, 0.5) is 0 Å². The summed E-state index contributed by atoms with van der Waals surface area (Å²) < 4.78 is 1.89. The van der Waals surface area contributed by atoms with E-state index in [-0.39, 0.29) is 0 Å². The van der Waals surface area contributed by atoms with Crippen LogP contribution >= 0.6 is 17.0 Å². The first-order valence-electron chi connectivity index (χ1n) is 9.27. The zero-order chi connectivity index (χ0) is 19.2. The molecule has 4 rings (SSSR count). The van der Waals surface area contributed by atoms with E-state index in [1.54, 1.807) is 0 Å². The molecule has 0 aliphatic rings. The van der Waals surface area contributed by atoms with Gasteiger partial charge in [0.05, 0.1) is 0 Å². The van der Waals surface area contributed by atoms with Crippen molar-refractivity contribution in [3.63, 3.8) is 0 Å². The van der Waals surface area contributed by atoms with Crippen LogP contribution in [0.25, 0.3) is 32.7 Å². The topological polar surface area (TPSA) is 0 Å². The molecule has 0 N–H and O–H groups in total. The zero-order valence-corrected chi connectivity index (χ0v) is 19.6. The van der Waals surface area contributed by atoms with E-state index in [9.17, 15) is 0 Å². The van der Waals surface area contributed by atoms with Crippen LogP contribution in [0.5, 0.6) is 0 Å². The van der Waals surface area contributed by atoms with Crippen molar-refractivity contribution in [3.05, 3.63) is 78.4 Å². The predicted octanol–water partition coefficient (Wildman–Crippen LogP) is 8.07. The Bertz CT molecular complexity index is 1070. The molecule has 0 fully saturated rings. The van der Waals surface area contributed by atoms with Gasteiger partial charge in [-0.2, -0.15) is 6.07 Å². The second-order valence-electron chi connectivity index (χ2n) is 6.53. The van der Waals surface area contributed by atoms with E-state index in [1.165, 1.54) is 44.7 Å². The fourth-order valence-corrected chi connectivity index (χ4v) is 3.42. The Morgan fingerprint density at radius 2 is 1.52 bits per heavy atom. The van der Waals surface area contributed by atoms with E-state index < -0.39 is 18.9 Å². The van der Waals surface area contributed by atoms with Crippen molar-refractivity contribution in [2.24, 2.45) is 0 Å². The van der Waals surface area contributed by atoms with E-state index >= 15 is 0 Å². The van der Waals surface area contributed by atoms with E-state index in [4.69, 9.17) is 17.0 Å². The zero-order valence-electron chi connectivity index (χ0n) is 15.7. The molecule has 0 aromatic heterocycles. The van der Waals surface area contributed by atoms with Crippen molar-refractivity contribution in [2.45, 2.75) is 26.7 Å². The molecule has 3 heteroatoms. The van der Waals surface area contributed by atoms with Gasteiger partial charge in [0.15, 0.2) is 0 Å². The molecule has 138 valence electrons. The number of aryl methyl sites for hydroxylation is 1. The Morgan fingerprint density at radius 3 is 2.22 bits per heavy atom. The summed E-state index contributed by atoms with van der Waals surface area (Å²) in [6, 6.07) is 26.6. The maximum absolute atomic E-state index is 5.37. The van der Waals surface area contributed by atoms with E-state index in [2.05, 4.69) is 79.7 Å². The number of rotatable bonds is 3. The van der Waals surface area contributed by atoms with Gasteiger partial charge in [-0.15, -0.1) is 34.5 Å². The van der Waals surface area contributed by atoms with Crippen LogP contribution in [0.15, 0.2) is 72.8 Å². The number of hydrogen-bond acceptors (Lipinski definition) is 0. The first-order chi connectivity index (χ1) is 13.1. The van der Waals surface area contributed by atoms with Gasteiger partial charge < -0.3 is 0 Å². The standard InChI is InChI=1S/C22H19.C2H4.2ClH.Zr/c1-2-7-16-14-18-10-6-13-21(22(18)15-16)20-12-5-9-17-8-3-4-11-19(17)20;1-2;;;/h3-6,8-15H,2,7H2,1H3;1H,2H3;2*1H;/q-1;;;;+2/p-2. The van der Waals surface area contributed by atoms with Gasteiger partial charge in [0.25, 0.3) is 0 Å². The van der Waals surface area contributed by atoms with Gasteiger partial charge in [0.1, 0.15) is 0 Å². The molecule has 0 aliphatic heterocycles. The molecule has 0 atom stereocenters. The number of hydrogen-bond donors (Lipinski definition) is 0. The molecule has 0 spiro atoms. The average molecular weight is 474 g/mol. The molecule has 0 nitrogen and oxygen atoms in total. The molecule has 0 heterocycles. The van der Waals surface area contributed by atoms with Crippen LogP contribution < -0.4 is 0 Å². The molecule has 0 radical (unpaired) electrons. The van der Waals surface area contributed by atoms with E-state index in [0.29, 0.717) is 0 Å². The van der Waals surface area contributed by atoms with Gasteiger partial charge in [-0.25, -0.2) is 0 Å². The Kier molecular flexibility index (Phi) is 7.53. The monoisotopic (exact) mass is 471 g/mol. The summed E-state index contributed by atoms with van der Waals surface area (Å²) in [5.74, 6) is 0. The average Bonchev–Trinajstić information content (AvgIpc) is 3.11. The van der Waals surface area contributed by atoms with Gasteiger partial charge >= 0.3 is 46.5 Å². The van der Waals surface area contributed by atoms with Crippen molar-refractivity contribution >= 4 is 42.3 Å². The third-order valence-corrected chi connectivity index (χ3v) is 8.30. The van der Waals surface area contributed by atoms with E-state index in [0.717, 1.165) is 6.42 Å². The SMILES string of the molecule is CCCc1cc2c(-c3cccc4ccccc34)cccc2[cH-]1.C[CH]=[Zr]([Cl])[Cl]. The summed E-state index contributed by atoms with van der Waals surface area (Å²) in [6.07, 6.45) is 2.35. The molecule has 4 aromatic rings. The van der Waals surface area contributed by atoms with Crippen molar-refractivity contribution in [1.29, 1.82) is 0 Å². The molecule has 27 heavy (non-hydrogen) atoms. The quantitative estimate of drug-likeness (QED) is 0.264. The van der Waals surface area contributed by atoms with Crippen molar-refractivity contribution < 1.29 is 18.9 Å². The fourth-order valence-electron chi connectivity index (χ4n) is 3.42. The third-order valence-electron chi connectivity index (χ3n) is 4.65. The second kappa shape index (κ2) is 9.88. The van der Waals surface area contributed by atoms with Crippen LogP contribution in [0, 0.1) is 0 Å². The van der Waals surface area contributed by atoms with E-state index in [1.807, 2.05) is 10.6 Å². The molecule has 0 unspecified atom stereocenters. The van der Waals surface area contributed by atoms with Crippen LogP contribution in [0.2, 0.25) is 0 Å². The van der Waals surface area contributed by atoms with Crippen molar-refractivity contribution in [3.8, 4) is 11.1 Å². The van der Waals surface area contributed by atoms with Crippen LogP contribution in [0.3, 0.4) is 0 Å². The van der Waals surface area contributed by atoms with Crippen LogP contribution in [0.1, 0.15) is 25.8 Å². The van der Waals surface area contributed by atoms with Gasteiger partial charge in [0.2, 0.25) is 0 Å². The summed E-state index contributed by atoms with van der Waals surface area (Å²) in [4.78, 5) is 0. The summed E-state index contributed by atoms with van der Waals surface area (Å²) in [5, 5.41) is 5.37. The minimum atomic E-state index is -1.76. The summed E-state index contributed by atoms with van der Waals surface area (Å²) in [5.41, 5.74) is 4.12. The van der Waals surface area contributed by atoms with Gasteiger partial charge in [-0.1, -0.05) is 67.4 Å². The minimum absolute atomic E-state index is 1.16. The number of halogens is 2. The Morgan fingerprint density at radius 1 is 0.889 bits per heavy atom. The molecule has 0 saturated heterocycles. The molecular weight excluding hydrogens is 450 g/mol. The van der Waals surface area contributed by atoms with Gasteiger partial charge in [-0.3, -0.25) is 0 Å². The first kappa shape index (κ1) is 20.6. The number of benzene rings is 3. The third kappa shape index (κ3) is 5.02. The number of fused-ring (bicyclic) bond motifs is 2. The Hall–Kier alpha value is -1.14. The second-order valence-corrected chi connectivity index (χ2v) is 15.3. The molecule has 0 amide bonds. The predicted molar refractivity (Wildman–Crippen MR) is 120 cm³/mol. The first-order valence-corrected chi connectivity index (χ1v) is 17.0. The molecular formula is C24H23Cl2Zr-. The summed E-state index contributed by atoms with van der Waals surface area (Å²) in [6.45, 7) is 4.14. The maximum atomic E-state index is 5.37. The van der Waals surface area contributed by atoms with Gasteiger partial charge in [-0.05, 0) is 22.8 Å².